The molecule has 21 heavy (non-hydrogen) atoms. The van der Waals surface area contributed by atoms with Crippen molar-refractivity contribution in [3.05, 3.63) is 29.3 Å². The highest BCUT2D eigenvalue weighted by Crippen LogP contribution is 2.29. The van der Waals surface area contributed by atoms with Crippen LogP contribution in [-0.2, 0) is 9.59 Å². The summed E-state index contributed by atoms with van der Waals surface area (Å²) >= 11 is 0. The van der Waals surface area contributed by atoms with Crippen LogP contribution in [0.25, 0.3) is 0 Å². The Morgan fingerprint density at radius 3 is 2.62 bits per heavy atom. The topological polar surface area (TPSA) is 69.6 Å². The standard InChI is InChI=1S/C16H22N2O3/c1-11-3-4-12(2)14(7-11)17-15(19)9-18(10-16(20)21)8-13-5-6-13/h3-4,7,13H,5-6,8-10H2,1-2H3,(H,17,19)(H,20,21). The maximum Gasteiger partial charge on any atom is 0.317 e. The molecule has 5 nitrogen and oxygen atoms in total. The van der Waals surface area contributed by atoms with E-state index in [1.165, 1.54) is 0 Å². The number of aliphatic carboxylic acids is 1. The van der Waals surface area contributed by atoms with Gasteiger partial charge in [-0.05, 0) is 49.8 Å². The molecule has 5 heteroatoms. The Kier molecular flexibility index (Phi) is 4.96. The smallest absolute Gasteiger partial charge is 0.317 e. The highest BCUT2D eigenvalue weighted by Gasteiger charge is 2.26. The fourth-order valence-corrected chi connectivity index (χ4v) is 2.31. The molecule has 1 aliphatic rings. The number of benzene rings is 1. The number of nitrogens with zero attached hydrogens (tertiary/aromatic N) is 1. The number of carboxylic acids is 1. The summed E-state index contributed by atoms with van der Waals surface area (Å²) in [6, 6.07) is 5.88. The number of hydrogen-bond donors (Lipinski definition) is 2. The summed E-state index contributed by atoms with van der Waals surface area (Å²) in [5.74, 6) is -0.501. The van der Waals surface area contributed by atoms with Gasteiger partial charge >= 0.3 is 5.97 Å². The average molecular weight is 290 g/mol. The molecule has 1 aliphatic carbocycles. The van der Waals surface area contributed by atoms with Crippen LogP contribution in [0.2, 0.25) is 0 Å². The van der Waals surface area contributed by atoms with Gasteiger partial charge in [0, 0.05) is 12.2 Å². The second-order valence-electron chi connectivity index (χ2n) is 5.87. The Bertz CT molecular complexity index is 538. The van der Waals surface area contributed by atoms with Gasteiger partial charge in [0.1, 0.15) is 0 Å². The maximum absolute atomic E-state index is 12.1. The molecule has 0 saturated heterocycles. The Balaban J connectivity index is 1.94. The van der Waals surface area contributed by atoms with Gasteiger partial charge in [-0.15, -0.1) is 0 Å². The summed E-state index contributed by atoms with van der Waals surface area (Å²) in [7, 11) is 0. The second-order valence-corrected chi connectivity index (χ2v) is 5.87. The van der Waals surface area contributed by atoms with E-state index in [2.05, 4.69) is 5.32 Å². The summed E-state index contributed by atoms with van der Waals surface area (Å²) in [6.07, 6.45) is 2.27. The van der Waals surface area contributed by atoms with E-state index in [4.69, 9.17) is 5.11 Å². The van der Waals surface area contributed by atoms with Crippen LogP contribution in [0.1, 0.15) is 24.0 Å². The molecule has 1 amide bonds. The highest BCUT2D eigenvalue weighted by atomic mass is 16.4. The van der Waals surface area contributed by atoms with Crippen LogP contribution in [-0.4, -0.2) is 41.5 Å². The van der Waals surface area contributed by atoms with Crippen molar-refractivity contribution in [1.29, 1.82) is 0 Å². The van der Waals surface area contributed by atoms with Crippen LogP contribution in [0, 0.1) is 19.8 Å². The summed E-state index contributed by atoms with van der Waals surface area (Å²) in [4.78, 5) is 24.7. The molecule has 1 saturated carbocycles. The van der Waals surface area contributed by atoms with Gasteiger partial charge in [-0.25, -0.2) is 0 Å². The van der Waals surface area contributed by atoms with Crippen molar-refractivity contribution in [1.82, 2.24) is 4.90 Å². The number of carboxylic acid groups (broad SMARTS) is 1. The molecule has 2 N–H and O–H groups in total. The number of hydrogen-bond acceptors (Lipinski definition) is 3. The van der Waals surface area contributed by atoms with Crippen molar-refractivity contribution in [2.45, 2.75) is 26.7 Å². The van der Waals surface area contributed by atoms with E-state index < -0.39 is 5.97 Å². The zero-order chi connectivity index (χ0) is 15.4. The molecule has 2 rings (SSSR count). The molecular formula is C16H22N2O3. The number of amides is 1. The number of nitrogens with one attached hydrogen (secondary N) is 1. The third-order valence-electron chi connectivity index (χ3n) is 3.61. The molecule has 0 aliphatic heterocycles. The van der Waals surface area contributed by atoms with Crippen molar-refractivity contribution in [2.75, 3.05) is 25.0 Å². The molecule has 0 unspecified atom stereocenters. The minimum absolute atomic E-state index is 0.0866. The van der Waals surface area contributed by atoms with E-state index in [0.717, 1.165) is 29.7 Å². The highest BCUT2D eigenvalue weighted by molar-refractivity contribution is 5.93. The predicted molar refractivity (Wildman–Crippen MR) is 81.3 cm³/mol. The van der Waals surface area contributed by atoms with Crippen LogP contribution in [0.3, 0.4) is 0 Å². The molecule has 1 fully saturated rings. The number of carbonyl (C=O) groups excluding carboxylic acids is 1. The third-order valence-corrected chi connectivity index (χ3v) is 3.61. The first-order chi connectivity index (χ1) is 9.94. The van der Waals surface area contributed by atoms with Crippen LogP contribution in [0.4, 0.5) is 5.69 Å². The van der Waals surface area contributed by atoms with E-state index in [1.54, 1.807) is 4.90 Å². The van der Waals surface area contributed by atoms with Crippen LogP contribution < -0.4 is 5.32 Å². The predicted octanol–water partition coefficient (Wildman–Crippen LogP) is 2.04. The van der Waals surface area contributed by atoms with Crippen molar-refractivity contribution in [3.63, 3.8) is 0 Å². The summed E-state index contributed by atoms with van der Waals surface area (Å²) in [5, 5.41) is 11.8. The lowest BCUT2D eigenvalue weighted by Crippen LogP contribution is -2.38. The van der Waals surface area contributed by atoms with Crippen LogP contribution in [0.15, 0.2) is 18.2 Å². The molecule has 0 spiro atoms. The fraction of sp³-hybridized carbons (Fsp3) is 0.500. The molecule has 0 aromatic heterocycles. The lowest BCUT2D eigenvalue weighted by molar-refractivity contribution is -0.138. The first-order valence-corrected chi connectivity index (χ1v) is 7.25. The minimum Gasteiger partial charge on any atom is -0.480 e. The van der Waals surface area contributed by atoms with Gasteiger partial charge in [0.05, 0.1) is 13.1 Å². The second kappa shape index (κ2) is 6.72. The van der Waals surface area contributed by atoms with Gasteiger partial charge in [0.15, 0.2) is 0 Å². The van der Waals surface area contributed by atoms with Gasteiger partial charge < -0.3 is 10.4 Å². The number of carbonyl (C=O) groups is 2. The summed E-state index contributed by atoms with van der Waals surface area (Å²) in [6.45, 7) is 4.63. The molecule has 1 aromatic carbocycles. The Labute approximate surface area is 125 Å². The van der Waals surface area contributed by atoms with Gasteiger partial charge in [0.2, 0.25) is 5.91 Å². The zero-order valence-corrected chi connectivity index (χ0v) is 12.6. The SMILES string of the molecule is Cc1ccc(C)c(NC(=O)CN(CC(=O)O)CC2CC2)c1. The lowest BCUT2D eigenvalue weighted by atomic mass is 10.1. The lowest BCUT2D eigenvalue weighted by Gasteiger charge is -2.19. The van der Waals surface area contributed by atoms with Crippen molar-refractivity contribution in [3.8, 4) is 0 Å². The van der Waals surface area contributed by atoms with Gasteiger partial charge in [-0.1, -0.05) is 12.1 Å². The minimum atomic E-state index is -0.893. The summed E-state index contributed by atoms with van der Waals surface area (Å²) in [5.41, 5.74) is 2.87. The van der Waals surface area contributed by atoms with Gasteiger partial charge in [0.25, 0.3) is 0 Å². The third kappa shape index (κ3) is 5.19. The van der Waals surface area contributed by atoms with Crippen LogP contribution >= 0.6 is 0 Å². The fourth-order valence-electron chi connectivity index (χ4n) is 2.31. The number of aryl methyl sites for hydroxylation is 2. The van der Waals surface area contributed by atoms with Crippen LogP contribution in [0.5, 0.6) is 0 Å². The number of anilines is 1. The van der Waals surface area contributed by atoms with Gasteiger partial charge in [-0.3, -0.25) is 14.5 Å². The first-order valence-electron chi connectivity index (χ1n) is 7.25. The van der Waals surface area contributed by atoms with E-state index in [9.17, 15) is 9.59 Å². The van der Waals surface area contributed by atoms with E-state index in [1.807, 2.05) is 32.0 Å². The molecule has 0 bridgehead atoms. The van der Waals surface area contributed by atoms with Crippen molar-refractivity contribution in [2.24, 2.45) is 5.92 Å². The molecule has 0 atom stereocenters. The molecule has 1 aromatic rings. The Hall–Kier alpha value is -1.88. The van der Waals surface area contributed by atoms with Gasteiger partial charge in [-0.2, -0.15) is 0 Å². The molecule has 0 radical (unpaired) electrons. The quantitative estimate of drug-likeness (QED) is 0.806. The maximum atomic E-state index is 12.1. The van der Waals surface area contributed by atoms with E-state index in [-0.39, 0.29) is 19.0 Å². The molecule has 114 valence electrons. The van der Waals surface area contributed by atoms with Crippen molar-refractivity contribution < 1.29 is 14.7 Å². The number of rotatable bonds is 7. The largest absolute Gasteiger partial charge is 0.480 e. The first kappa shape index (κ1) is 15.5. The molecule has 0 heterocycles. The molecular weight excluding hydrogens is 268 g/mol. The average Bonchev–Trinajstić information content (AvgIpc) is 3.16. The zero-order valence-electron chi connectivity index (χ0n) is 12.6. The Morgan fingerprint density at radius 1 is 1.29 bits per heavy atom. The van der Waals surface area contributed by atoms with E-state index in [0.29, 0.717) is 12.5 Å². The van der Waals surface area contributed by atoms with E-state index >= 15 is 0 Å². The monoisotopic (exact) mass is 290 g/mol. The van der Waals surface area contributed by atoms with Crippen molar-refractivity contribution >= 4 is 17.6 Å². The Morgan fingerprint density at radius 2 is 2.00 bits per heavy atom. The summed E-state index contributed by atoms with van der Waals surface area (Å²) < 4.78 is 0. The normalized spacial score (nSPS) is 14.2.